The summed E-state index contributed by atoms with van der Waals surface area (Å²) in [7, 11) is 0. The van der Waals surface area contributed by atoms with Crippen LogP contribution in [0.25, 0.3) is 0 Å². The number of halogens is 1. The fraction of sp³-hybridized carbons (Fsp3) is 0.462. The van der Waals surface area contributed by atoms with Gasteiger partial charge in [-0.15, -0.1) is 0 Å². The van der Waals surface area contributed by atoms with E-state index in [1.807, 2.05) is 19.9 Å². The predicted molar refractivity (Wildman–Crippen MR) is 72.9 cm³/mol. The van der Waals surface area contributed by atoms with E-state index in [4.69, 9.17) is 5.26 Å². The van der Waals surface area contributed by atoms with E-state index >= 15 is 0 Å². The maximum Gasteiger partial charge on any atom is 0.0992 e. The lowest BCUT2D eigenvalue weighted by atomic mass is 9.93. The zero-order valence-corrected chi connectivity index (χ0v) is 11.7. The van der Waals surface area contributed by atoms with Gasteiger partial charge in [0, 0.05) is 10.2 Å². The first-order chi connectivity index (χ1) is 8.09. The molecule has 1 aromatic rings. The first-order valence-electron chi connectivity index (χ1n) is 5.69. The van der Waals surface area contributed by atoms with Crippen LogP contribution in [-0.2, 0) is 0 Å². The van der Waals surface area contributed by atoms with Crippen molar-refractivity contribution < 1.29 is 5.11 Å². The van der Waals surface area contributed by atoms with Crippen molar-refractivity contribution in [1.29, 1.82) is 5.26 Å². The predicted octanol–water partition coefficient (Wildman–Crippen LogP) is 3.28. The first kappa shape index (κ1) is 14.0. The average Bonchev–Trinajstić information content (AvgIpc) is 2.35. The zero-order chi connectivity index (χ0) is 12.9. The summed E-state index contributed by atoms with van der Waals surface area (Å²) in [6.45, 7) is 4.15. The van der Waals surface area contributed by atoms with Crippen LogP contribution in [0.4, 0.5) is 5.69 Å². The number of nitrogens with one attached hydrogen (secondary N) is 1. The van der Waals surface area contributed by atoms with Crippen molar-refractivity contribution in [3.8, 4) is 6.07 Å². The summed E-state index contributed by atoms with van der Waals surface area (Å²) >= 11 is 3.37. The van der Waals surface area contributed by atoms with Gasteiger partial charge in [0.1, 0.15) is 0 Å². The zero-order valence-electron chi connectivity index (χ0n) is 10.1. The van der Waals surface area contributed by atoms with E-state index in [1.54, 1.807) is 12.1 Å². The van der Waals surface area contributed by atoms with Gasteiger partial charge in [-0.3, -0.25) is 0 Å². The Morgan fingerprint density at radius 3 is 2.47 bits per heavy atom. The molecule has 0 bridgehead atoms. The van der Waals surface area contributed by atoms with Gasteiger partial charge in [-0.25, -0.2) is 0 Å². The monoisotopic (exact) mass is 296 g/mol. The summed E-state index contributed by atoms with van der Waals surface area (Å²) in [5.74, 6) is 0. The molecule has 4 heteroatoms. The van der Waals surface area contributed by atoms with Gasteiger partial charge in [0.2, 0.25) is 0 Å². The van der Waals surface area contributed by atoms with Crippen LogP contribution in [0.3, 0.4) is 0 Å². The summed E-state index contributed by atoms with van der Waals surface area (Å²) in [5, 5.41) is 21.7. The van der Waals surface area contributed by atoms with Crippen molar-refractivity contribution in [2.75, 3.05) is 11.9 Å². The fourth-order valence-corrected chi connectivity index (χ4v) is 2.22. The third-order valence-corrected chi connectivity index (χ3v) is 3.55. The number of rotatable bonds is 5. The van der Waals surface area contributed by atoms with E-state index < -0.39 is 0 Å². The van der Waals surface area contributed by atoms with E-state index in [0.717, 1.165) is 23.0 Å². The van der Waals surface area contributed by atoms with Gasteiger partial charge < -0.3 is 10.4 Å². The SMILES string of the molecule is CCC(CC)(CO)Nc1cc(Br)cc(C#N)c1. The van der Waals surface area contributed by atoms with Crippen LogP contribution in [0.1, 0.15) is 32.3 Å². The number of hydrogen-bond donors (Lipinski definition) is 2. The van der Waals surface area contributed by atoms with Crippen molar-refractivity contribution in [3.63, 3.8) is 0 Å². The highest BCUT2D eigenvalue weighted by molar-refractivity contribution is 9.10. The lowest BCUT2D eigenvalue weighted by molar-refractivity contribution is 0.202. The molecule has 0 aliphatic rings. The molecule has 2 N–H and O–H groups in total. The molecule has 0 unspecified atom stereocenters. The van der Waals surface area contributed by atoms with Crippen LogP contribution in [0, 0.1) is 11.3 Å². The van der Waals surface area contributed by atoms with Crippen molar-refractivity contribution >= 4 is 21.6 Å². The molecule has 0 amide bonds. The molecule has 0 saturated heterocycles. The van der Waals surface area contributed by atoms with Gasteiger partial charge in [-0.2, -0.15) is 5.26 Å². The van der Waals surface area contributed by atoms with E-state index in [-0.39, 0.29) is 12.1 Å². The molecule has 3 nitrogen and oxygen atoms in total. The number of nitriles is 1. The summed E-state index contributed by atoms with van der Waals surface area (Å²) in [6, 6.07) is 7.59. The highest BCUT2D eigenvalue weighted by Crippen LogP contribution is 2.25. The van der Waals surface area contributed by atoms with Gasteiger partial charge in [0.15, 0.2) is 0 Å². The number of anilines is 1. The lowest BCUT2D eigenvalue weighted by Gasteiger charge is -2.32. The molecule has 0 aliphatic carbocycles. The van der Waals surface area contributed by atoms with Crippen LogP contribution in [-0.4, -0.2) is 17.3 Å². The van der Waals surface area contributed by atoms with Gasteiger partial charge in [0.05, 0.1) is 23.8 Å². The maximum absolute atomic E-state index is 9.49. The van der Waals surface area contributed by atoms with E-state index in [0.29, 0.717) is 5.56 Å². The van der Waals surface area contributed by atoms with Gasteiger partial charge in [-0.05, 0) is 31.0 Å². The molecule has 17 heavy (non-hydrogen) atoms. The first-order valence-corrected chi connectivity index (χ1v) is 6.48. The largest absolute Gasteiger partial charge is 0.394 e. The average molecular weight is 297 g/mol. The van der Waals surface area contributed by atoms with Crippen LogP contribution < -0.4 is 5.32 Å². The van der Waals surface area contributed by atoms with Crippen LogP contribution in [0.2, 0.25) is 0 Å². The molecule has 0 saturated carbocycles. The lowest BCUT2D eigenvalue weighted by Crippen LogP contribution is -2.40. The second kappa shape index (κ2) is 6.04. The Hall–Kier alpha value is -1.05. The van der Waals surface area contributed by atoms with Crippen molar-refractivity contribution in [1.82, 2.24) is 0 Å². The Balaban J connectivity index is 3.02. The Kier molecular flexibility index (Phi) is 4.98. The maximum atomic E-state index is 9.49. The molecule has 0 heterocycles. The quantitative estimate of drug-likeness (QED) is 0.877. The Bertz CT molecular complexity index is 414. The summed E-state index contributed by atoms with van der Waals surface area (Å²) in [5.41, 5.74) is 1.14. The molecule has 92 valence electrons. The Labute approximate surface area is 111 Å². The van der Waals surface area contributed by atoms with Crippen LogP contribution >= 0.6 is 15.9 Å². The third-order valence-electron chi connectivity index (χ3n) is 3.09. The molecule has 0 atom stereocenters. The fourth-order valence-electron chi connectivity index (χ4n) is 1.72. The number of hydrogen-bond acceptors (Lipinski definition) is 3. The highest BCUT2D eigenvalue weighted by Gasteiger charge is 2.24. The Morgan fingerprint density at radius 2 is 2.00 bits per heavy atom. The van der Waals surface area contributed by atoms with Crippen molar-refractivity contribution in [3.05, 3.63) is 28.2 Å². The minimum Gasteiger partial charge on any atom is -0.394 e. The second-order valence-electron chi connectivity index (χ2n) is 4.11. The van der Waals surface area contributed by atoms with E-state index in [9.17, 15) is 5.11 Å². The van der Waals surface area contributed by atoms with Crippen molar-refractivity contribution in [2.45, 2.75) is 32.2 Å². The summed E-state index contributed by atoms with van der Waals surface area (Å²) in [4.78, 5) is 0. The van der Waals surface area contributed by atoms with Gasteiger partial charge in [-0.1, -0.05) is 29.8 Å². The number of nitrogens with zero attached hydrogens (tertiary/aromatic N) is 1. The number of aliphatic hydroxyl groups is 1. The molecule has 0 aromatic heterocycles. The number of benzene rings is 1. The normalized spacial score (nSPS) is 11.0. The number of aliphatic hydroxyl groups excluding tert-OH is 1. The highest BCUT2D eigenvalue weighted by atomic mass is 79.9. The molecule has 0 spiro atoms. The van der Waals surface area contributed by atoms with Crippen molar-refractivity contribution in [2.24, 2.45) is 0 Å². The minimum atomic E-state index is -0.312. The smallest absolute Gasteiger partial charge is 0.0992 e. The topological polar surface area (TPSA) is 56.0 Å². The van der Waals surface area contributed by atoms with E-state index in [1.165, 1.54) is 0 Å². The van der Waals surface area contributed by atoms with Gasteiger partial charge in [0.25, 0.3) is 0 Å². The second-order valence-corrected chi connectivity index (χ2v) is 5.03. The Morgan fingerprint density at radius 1 is 1.35 bits per heavy atom. The minimum absolute atomic E-state index is 0.0778. The standard InChI is InChI=1S/C13H17BrN2O/c1-3-13(4-2,9-17)16-12-6-10(8-15)5-11(14)7-12/h5-7,16-17H,3-4,9H2,1-2H3. The molecular weight excluding hydrogens is 280 g/mol. The summed E-state index contributed by atoms with van der Waals surface area (Å²) < 4.78 is 0.859. The molecule has 1 aromatic carbocycles. The van der Waals surface area contributed by atoms with Gasteiger partial charge >= 0.3 is 0 Å². The van der Waals surface area contributed by atoms with Crippen LogP contribution in [0.15, 0.2) is 22.7 Å². The molecule has 1 rings (SSSR count). The molecule has 0 radical (unpaired) electrons. The third kappa shape index (κ3) is 3.45. The molecular formula is C13H17BrN2O. The molecule has 0 aliphatic heterocycles. The molecule has 0 fully saturated rings. The van der Waals surface area contributed by atoms with E-state index in [2.05, 4.69) is 27.3 Å². The summed E-state index contributed by atoms with van der Waals surface area (Å²) in [6.07, 6.45) is 1.66. The van der Waals surface area contributed by atoms with Crippen LogP contribution in [0.5, 0.6) is 0 Å².